The molecule has 1 saturated carbocycles. The van der Waals surface area contributed by atoms with Crippen LogP contribution in [0.3, 0.4) is 0 Å². The van der Waals surface area contributed by atoms with Gasteiger partial charge in [0.05, 0.1) is 6.54 Å². The Labute approximate surface area is 144 Å². The Kier molecular flexibility index (Phi) is 5.72. The summed E-state index contributed by atoms with van der Waals surface area (Å²) in [4.78, 5) is 19.1. The first-order chi connectivity index (χ1) is 11.7. The Balaban J connectivity index is 1.47. The number of nitrogens with zero attached hydrogens (tertiary/aromatic N) is 3. The lowest BCUT2D eigenvalue weighted by Gasteiger charge is -2.37. The summed E-state index contributed by atoms with van der Waals surface area (Å²) in [6, 6.07) is 6.61. The van der Waals surface area contributed by atoms with Crippen LogP contribution >= 0.6 is 0 Å². The van der Waals surface area contributed by atoms with Crippen molar-refractivity contribution in [1.82, 2.24) is 9.80 Å². The first kappa shape index (κ1) is 17.2. The lowest BCUT2D eigenvalue weighted by Crippen LogP contribution is -2.51. The lowest BCUT2D eigenvalue weighted by molar-refractivity contribution is -0.132. The summed E-state index contributed by atoms with van der Waals surface area (Å²) in [7, 11) is 0. The second kappa shape index (κ2) is 7.97. The van der Waals surface area contributed by atoms with Crippen molar-refractivity contribution in [3.63, 3.8) is 0 Å². The van der Waals surface area contributed by atoms with Crippen LogP contribution in [0.5, 0.6) is 0 Å². The SMILES string of the molecule is CCCN(CC(=O)N1CCN(c2ccc(F)cc2)CC1)CC1CC1. The molecule has 1 amide bonds. The van der Waals surface area contributed by atoms with Crippen molar-refractivity contribution < 1.29 is 9.18 Å². The number of halogens is 1. The van der Waals surface area contributed by atoms with Gasteiger partial charge >= 0.3 is 0 Å². The smallest absolute Gasteiger partial charge is 0.236 e. The molecule has 1 aliphatic carbocycles. The molecule has 0 aromatic heterocycles. The molecule has 0 atom stereocenters. The van der Waals surface area contributed by atoms with E-state index in [0.29, 0.717) is 6.54 Å². The van der Waals surface area contributed by atoms with Crippen molar-refractivity contribution in [2.45, 2.75) is 26.2 Å². The molecular weight excluding hydrogens is 305 g/mol. The molecule has 4 nitrogen and oxygen atoms in total. The van der Waals surface area contributed by atoms with Gasteiger partial charge in [-0.2, -0.15) is 0 Å². The van der Waals surface area contributed by atoms with E-state index in [1.165, 1.54) is 25.0 Å². The highest BCUT2D eigenvalue weighted by Gasteiger charge is 2.27. The summed E-state index contributed by atoms with van der Waals surface area (Å²) in [6.07, 6.45) is 3.74. The molecule has 1 aliphatic heterocycles. The zero-order valence-electron chi connectivity index (χ0n) is 14.6. The van der Waals surface area contributed by atoms with Crippen LogP contribution in [0.2, 0.25) is 0 Å². The van der Waals surface area contributed by atoms with E-state index in [9.17, 15) is 9.18 Å². The standard InChI is InChI=1S/C19H28FN3O/c1-2-9-21(14-16-3-4-16)15-19(24)23-12-10-22(11-13-23)18-7-5-17(20)6-8-18/h5-8,16H,2-4,9-15H2,1H3. The minimum atomic E-state index is -0.209. The Hall–Kier alpha value is -1.62. The molecule has 1 heterocycles. The molecule has 1 aromatic rings. The number of piperazine rings is 1. The summed E-state index contributed by atoms with van der Waals surface area (Å²) >= 11 is 0. The number of rotatable bonds is 7. The first-order valence-corrected chi connectivity index (χ1v) is 9.16. The molecule has 0 bridgehead atoms. The van der Waals surface area contributed by atoms with E-state index in [2.05, 4.69) is 16.7 Å². The van der Waals surface area contributed by atoms with Crippen molar-refractivity contribution in [3.05, 3.63) is 30.1 Å². The Morgan fingerprint density at radius 3 is 2.42 bits per heavy atom. The summed E-state index contributed by atoms with van der Waals surface area (Å²) < 4.78 is 13.0. The maximum absolute atomic E-state index is 13.0. The van der Waals surface area contributed by atoms with E-state index in [0.717, 1.165) is 57.3 Å². The summed E-state index contributed by atoms with van der Waals surface area (Å²) in [5, 5.41) is 0. The second-order valence-electron chi connectivity index (χ2n) is 7.02. The molecule has 132 valence electrons. The fourth-order valence-corrected chi connectivity index (χ4v) is 3.37. The van der Waals surface area contributed by atoms with Crippen LogP contribution < -0.4 is 4.90 Å². The maximum Gasteiger partial charge on any atom is 0.236 e. The monoisotopic (exact) mass is 333 g/mol. The van der Waals surface area contributed by atoms with Gasteiger partial charge in [0.25, 0.3) is 0 Å². The minimum absolute atomic E-state index is 0.209. The number of carbonyl (C=O) groups is 1. The molecule has 0 radical (unpaired) electrons. The van der Waals surface area contributed by atoms with Gasteiger partial charge in [-0.25, -0.2) is 4.39 Å². The summed E-state index contributed by atoms with van der Waals surface area (Å²) in [6.45, 7) is 7.94. The minimum Gasteiger partial charge on any atom is -0.368 e. The highest BCUT2D eigenvalue weighted by molar-refractivity contribution is 5.78. The number of carbonyl (C=O) groups excluding carboxylic acids is 1. The van der Waals surface area contributed by atoms with Gasteiger partial charge in [0.1, 0.15) is 5.82 Å². The van der Waals surface area contributed by atoms with Crippen molar-refractivity contribution in [3.8, 4) is 0 Å². The number of hydrogen-bond donors (Lipinski definition) is 0. The number of hydrogen-bond acceptors (Lipinski definition) is 3. The summed E-state index contributed by atoms with van der Waals surface area (Å²) in [5.41, 5.74) is 1.03. The van der Waals surface area contributed by atoms with Gasteiger partial charge in [-0.15, -0.1) is 0 Å². The van der Waals surface area contributed by atoms with Crippen LogP contribution in [0.15, 0.2) is 24.3 Å². The quantitative estimate of drug-likeness (QED) is 0.767. The van der Waals surface area contributed by atoms with Crippen molar-refractivity contribution >= 4 is 11.6 Å². The zero-order valence-corrected chi connectivity index (χ0v) is 14.6. The van der Waals surface area contributed by atoms with Crippen molar-refractivity contribution in [2.75, 3.05) is 50.7 Å². The van der Waals surface area contributed by atoms with E-state index in [1.54, 1.807) is 0 Å². The topological polar surface area (TPSA) is 26.8 Å². The molecule has 0 spiro atoms. The van der Waals surface area contributed by atoms with Crippen LogP contribution in [0.1, 0.15) is 26.2 Å². The normalized spacial score (nSPS) is 18.3. The van der Waals surface area contributed by atoms with E-state index in [-0.39, 0.29) is 11.7 Å². The predicted octanol–water partition coefficient (Wildman–Crippen LogP) is 2.60. The van der Waals surface area contributed by atoms with E-state index in [1.807, 2.05) is 17.0 Å². The van der Waals surface area contributed by atoms with E-state index >= 15 is 0 Å². The van der Waals surface area contributed by atoms with Gasteiger partial charge in [0, 0.05) is 38.4 Å². The first-order valence-electron chi connectivity index (χ1n) is 9.16. The average Bonchev–Trinajstić information content (AvgIpc) is 3.40. The third-order valence-corrected chi connectivity index (χ3v) is 4.94. The molecule has 0 N–H and O–H groups in total. The summed E-state index contributed by atoms with van der Waals surface area (Å²) in [5.74, 6) is 0.863. The fraction of sp³-hybridized carbons (Fsp3) is 0.632. The van der Waals surface area contributed by atoms with E-state index in [4.69, 9.17) is 0 Å². The van der Waals surface area contributed by atoms with Gasteiger partial charge in [0.2, 0.25) is 5.91 Å². The zero-order chi connectivity index (χ0) is 16.9. The Morgan fingerprint density at radius 2 is 1.83 bits per heavy atom. The van der Waals surface area contributed by atoms with Crippen LogP contribution in [-0.2, 0) is 4.79 Å². The largest absolute Gasteiger partial charge is 0.368 e. The van der Waals surface area contributed by atoms with Crippen LogP contribution in [0, 0.1) is 11.7 Å². The highest BCUT2D eigenvalue weighted by atomic mass is 19.1. The second-order valence-corrected chi connectivity index (χ2v) is 7.02. The van der Waals surface area contributed by atoms with Gasteiger partial charge in [0.15, 0.2) is 0 Å². The number of anilines is 1. The van der Waals surface area contributed by atoms with Crippen molar-refractivity contribution in [1.29, 1.82) is 0 Å². The third kappa shape index (κ3) is 4.69. The van der Waals surface area contributed by atoms with Gasteiger partial charge in [-0.3, -0.25) is 9.69 Å². The predicted molar refractivity (Wildman–Crippen MR) is 94.6 cm³/mol. The molecule has 3 rings (SSSR count). The van der Waals surface area contributed by atoms with Gasteiger partial charge < -0.3 is 9.80 Å². The fourth-order valence-electron chi connectivity index (χ4n) is 3.37. The molecule has 24 heavy (non-hydrogen) atoms. The Morgan fingerprint density at radius 1 is 1.17 bits per heavy atom. The highest BCUT2D eigenvalue weighted by Crippen LogP contribution is 2.29. The van der Waals surface area contributed by atoms with Crippen LogP contribution in [0.25, 0.3) is 0 Å². The van der Waals surface area contributed by atoms with Crippen molar-refractivity contribution in [2.24, 2.45) is 5.92 Å². The van der Waals surface area contributed by atoms with Gasteiger partial charge in [-0.05, 0) is 56.0 Å². The Bertz CT molecular complexity index is 536. The molecule has 2 aliphatic rings. The molecular formula is C19H28FN3O. The van der Waals surface area contributed by atoms with E-state index < -0.39 is 0 Å². The number of amides is 1. The van der Waals surface area contributed by atoms with Crippen LogP contribution in [-0.4, -0.2) is 61.5 Å². The lowest BCUT2D eigenvalue weighted by atomic mass is 10.2. The molecule has 2 fully saturated rings. The maximum atomic E-state index is 13.0. The molecule has 1 saturated heterocycles. The molecule has 0 unspecified atom stereocenters. The molecule has 1 aromatic carbocycles. The third-order valence-electron chi connectivity index (χ3n) is 4.94. The molecule has 5 heteroatoms. The average molecular weight is 333 g/mol. The van der Waals surface area contributed by atoms with Gasteiger partial charge in [-0.1, -0.05) is 6.92 Å². The van der Waals surface area contributed by atoms with Crippen LogP contribution in [0.4, 0.5) is 10.1 Å². The number of benzene rings is 1.